The number of aromatic nitrogens is 7. The van der Waals surface area contributed by atoms with E-state index in [1.807, 2.05) is 24.3 Å². The van der Waals surface area contributed by atoms with Gasteiger partial charge in [0.25, 0.3) is 0 Å². The fourth-order valence-corrected chi connectivity index (χ4v) is 2.70. The molecule has 0 unspecified atom stereocenters. The number of hydrogen-bond donors (Lipinski definition) is 4. The van der Waals surface area contributed by atoms with Crippen LogP contribution < -0.4 is 10.6 Å². The molecular formula is C16H15N9. The minimum absolute atomic E-state index is 0.404. The lowest BCUT2D eigenvalue weighted by molar-refractivity contribution is 0.962. The van der Waals surface area contributed by atoms with Gasteiger partial charge in [0.2, 0.25) is 5.95 Å². The van der Waals surface area contributed by atoms with E-state index in [2.05, 4.69) is 46.2 Å². The van der Waals surface area contributed by atoms with Crippen LogP contribution >= 0.6 is 0 Å². The number of nitrogens with zero attached hydrogens (tertiary/aromatic N) is 5. The lowest BCUT2D eigenvalue weighted by Gasteiger charge is -2.06. The van der Waals surface area contributed by atoms with Crippen LogP contribution in [0.4, 0.5) is 23.3 Å². The molecule has 4 N–H and O–H groups in total. The zero-order valence-electron chi connectivity index (χ0n) is 13.2. The van der Waals surface area contributed by atoms with Gasteiger partial charge in [-0.25, -0.2) is 0 Å². The van der Waals surface area contributed by atoms with Gasteiger partial charge in [0.15, 0.2) is 11.6 Å². The molecule has 0 atom stereocenters. The van der Waals surface area contributed by atoms with Gasteiger partial charge in [-0.1, -0.05) is 0 Å². The van der Waals surface area contributed by atoms with E-state index in [0.717, 1.165) is 28.1 Å². The van der Waals surface area contributed by atoms with Crippen LogP contribution in [0.5, 0.6) is 0 Å². The second-order valence-corrected chi connectivity index (χ2v) is 6.07. The van der Waals surface area contributed by atoms with Gasteiger partial charge in [-0.05, 0) is 31.0 Å². The molecule has 1 aliphatic rings. The van der Waals surface area contributed by atoms with Crippen molar-refractivity contribution >= 4 is 34.2 Å². The highest BCUT2D eigenvalue weighted by Crippen LogP contribution is 2.39. The van der Waals surface area contributed by atoms with Gasteiger partial charge in [0.05, 0.1) is 17.9 Å². The van der Waals surface area contributed by atoms with E-state index >= 15 is 0 Å². The monoisotopic (exact) mass is 333 g/mol. The summed E-state index contributed by atoms with van der Waals surface area (Å²) in [6, 6.07) is 7.87. The predicted octanol–water partition coefficient (Wildman–Crippen LogP) is 2.84. The molecule has 124 valence electrons. The van der Waals surface area contributed by atoms with Crippen molar-refractivity contribution in [3.05, 3.63) is 42.4 Å². The van der Waals surface area contributed by atoms with Crippen LogP contribution in [0.25, 0.3) is 10.9 Å². The van der Waals surface area contributed by atoms with E-state index in [-0.39, 0.29) is 0 Å². The average Bonchev–Trinajstić information content (AvgIpc) is 3.18. The first-order chi connectivity index (χ1) is 12.3. The zero-order valence-corrected chi connectivity index (χ0v) is 13.2. The number of rotatable bonds is 5. The molecule has 0 aliphatic heterocycles. The van der Waals surface area contributed by atoms with Crippen LogP contribution in [0, 0.1) is 0 Å². The third-order valence-corrected chi connectivity index (χ3v) is 4.13. The maximum absolute atomic E-state index is 4.43. The predicted molar refractivity (Wildman–Crippen MR) is 93.0 cm³/mol. The molecule has 1 aromatic carbocycles. The number of nitrogens with one attached hydrogen (secondary N) is 4. The Morgan fingerprint density at radius 2 is 1.96 bits per heavy atom. The molecule has 25 heavy (non-hydrogen) atoms. The third-order valence-electron chi connectivity index (χ3n) is 4.13. The first-order valence-electron chi connectivity index (χ1n) is 8.06. The molecule has 5 rings (SSSR count). The second-order valence-electron chi connectivity index (χ2n) is 6.07. The van der Waals surface area contributed by atoms with Crippen LogP contribution in [0.3, 0.4) is 0 Å². The standard InChI is InChI=1S/C16H15N9/c1-2-9(1)13-6-14(24-23-13)20-15-8-18-25-16(21-15)19-11-4-3-10-7-17-22-12(10)5-11/h3-9H,1-2H2,(H,17,22)(H3,19,20,21,23,24,25). The summed E-state index contributed by atoms with van der Waals surface area (Å²) in [7, 11) is 0. The summed E-state index contributed by atoms with van der Waals surface area (Å²) in [4.78, 5) is 4.43. The van der Waals surface area contributed by atoms with E-state index in [0.29, 0.717) is 17.7 Å². The molecule has 9 nitrogen and oxygen atoms in total. The molecule has 3 aromatic heterocycles. The summed E-state index contributed by atoms with van der Waals surface area (Å²) < 4.78 is 0. The van der Waals surface area contributed by atoms with Gasteiger partial charge < -0.3 is 10.6 Å². The SMILES string of the molecule is c1cc2cn[nH]c2cc1Nc1nncc(Nc2cc(C3CC3)[nH]n2)n1. The largest absolute Gasteiger partial charge is 0.323 e. The summed E-state index contributed by atoms with van der Waals surface area (Å²) in [6.07, 6.45) is 5.80. The lowest BCUT2D eigenvalue weighted by Crippen LogP contribution is -2.02. The number of fused-ring (bicyclic) bond motifs is 1. The molecule has 0 radical (unpaired) electrons. The van der Waals surface area contributed by atoms with Crippen molar-refractivity contribution in [3.8, 4) is 0 Å². The summed E-state index contributed by atoms with van der Waals surface area (Å²) in [5.41, 5.74) is 2.96. The first kappa shape index (κ1) is 13.9. The molecule has 1 saturated carbocycles. The van der Waals surface area contributed by atoms with Crippen molar-refractivity contribution in [1.29, 1.82) is 0 Å². The van der Waals surface area contributed by atoms with Crippen LogP contribution in [-0.4, -0.2) is 35.6 Å². The average molecular weight is 333 g/mol. The van der Waals surface area contributed by atoms with Crippen LogP contribution in [-0.2, 0) is 0 Å². The number of benzene rings is 1. The second kappa shape index (κ2) is 5.55. The van der Waals surface area contributed by atoms with Gasteiger partial charge >= 0.3 is 0 Å². The van der Waals surface area contributed by atoms with Gasteiger partial charge in [0.1, 0.15) is 0 Å². The Hall–Kier alpha value is -3.49. The number of aromatic amines is 2. The summed E-state index contributed by atoms with van der Waals surface area (Å²) in [5.74, 6) is 2.34. The molecular weight excluding hydrogens is 318 g/mol. The normalized spacial score (nSPS) is 13.9. The van der Waals surface area contributed by atoms with E-state index in [1.165, 1.54) is 12.8 Å². The topological polar surface area (TPSA) is 120 Å². The smallest absolute Gasteiger partial charge is 0.249 e. The van der Waals surface area contributed by atoms with Gasteiger partial charge in [-0.2, -0.15) is 20.3 Å². The van der Waals surface area contributed by atoms with Crippen molar-refractivity contribution in [2.45, 2.75) is 18.8 Å². The Morgan fingerprint density at radius 1 is 1.00 bits per heavy atom. The molecule has 9 heteroatoms. The Labute approximate surface area is 142 Å². The quantitative estimate of drug-likeness (QED) is 0.443. The number of H-pyrrole nitrogens is 2. The van der Waals surface area contributed by atoms with Crippen molar-refractivity contribution < 1.29 is 0 Å². The maximum Gasteiger partial charge on any atom is 0.249 e. The number of anilines is 4. The highest BCUT2D eigenvalue weighted by molar-refractivity contribution is 5.82. The molecule has 1 fully saturated rings. The van der Waals surface area contributed by atoms with Gasteiger partial charge in [-0.15, -0.1) is 5.10 Å². The van der Waals surface area contributed by atoms with E-state index in [4.69, 9.17) is 0 Å². The van der Waals surface area contributed by atoms with E-state index in [1.54, 1.807) is 12.4 Å². The molecule has 4 aromatic rings. The zero-order chi connectivity index (χ0) is 16.6. The lowest BCUT2D eigenvalue weighted by atomic mass is 10.2. The minimum atomic E-state index is 0.404. The first-order valence-corrected chi connectivity index (χ1v) is 8.06. The summed E-state index contributed by atoms with van der Waals surface area (Å²) in [5, 5.41) is 29.6. The van der Waals surface area contributed by atoms with Crippen LogP contribution in [0.15, 0.2) is 36.7 Å². The summed E-state index contributed by atoms with van der Waals surface area (Å²) in [6.45, 7) is 0. The Kier molecular flexibility index (Phi) is 3.09. The summed E-state index contributed by atoms with van der Waals surface area (Å²) >= 11 is 0. The van der Waals surface area contributed by atoms with Gasteiger partial charge in [0, 0.05) is 28.8 Å². The molecule has 1 aliphatic carbocycles. The van der Waals surface area contributed by atoms with Crippen LogP contribution in [0.1, 0.15) is 24.5 Å². The Bertz CT molecular complexity index is 1030. The molecule has 0 amide bonds. The van der Waals surface area contributed by atoms with Crippen molar-refractivity contribution in [3.63, 3.8) is 0 Å². The maximum atomic E-state index is 4.43. The number of hydrogen-bond acceptors (Lipinski definition) is 7. The van der Waals surface area contributed by atoms with Gasteiger partial charge in [-0.3, -0.25) is 10.2 Å². The highest BCUT2D eigenvalue weighted by Gasteiger charge is 2.25. The Morgan fingerprint density at radius 3 is 2.88 bits per heavy atom. The van der Waals surface area contributed by atoms with Crippen LogP contribution in [0.2, 0.25) is 0 Å². The molecule has 0 spiro atoms. The van der Waals surface area contributed by atoms with Crippen molar-refractivity contribution in [1.82, 2.24) is 35.6 Å². The molecule has 0 bridgehead atoms. The fourth-order valence-electron chi connectivity index (χ4n) is 2.70. The van der Waals surface area contributed by atoms with E-state index < -0.39 is 0 Å². The van der Waals surface area contributed by atoms with Crippen molar-refractivity contribution in [2.75, 3.05) is 10.6 Å². The highest BCUT2D eigenvalue weighted by atomic mass is 15.3. The van der Waals surface area contributed by atoms with Crippen molar-refractivity contribution in [2.24, 2.45) is 0 Å². The third kappa shape index (κ3) is 2.87. The molecule has 0 saturated heterocycles. The van der Waals surface area contributed by atoms with E-state index in [9.17, 15) is 0 Å². The fraction of sp³-hybridized carbons (Fsp3) is 0.188. The minimum Gasteiger partial charge on any atom is -0.323 e. The molecule has 3 heterocycles. The Balaban J connectivity index is 1.34.